The summed E-state index contributed by atoms with van der Waals surface area (Å²) in [6.07, 6.45) is 6.82. The lowest BCUT2D eigenvalue weighted by Crippen LogP contribution is -2.25. The second kappa shape index (κ2) is 11.2. The van der Waals surface area contributed by atoms with Crippen LogP contribution in [0.25, 0.3) is 0 Å². The Kier molecular flexibility index (Phi) is 8.35. The average molecular weight is 436 g/mol. The summed E-state index contributed by atoms with van der Waals surface area (Å²) >= 11 is 0. The van der Waals surface area contributed by atoms with Gasteiger partial charge in [0.25, 0.3) is 0 Å². The third-order valence-corrected chi connectivity index (χ3v) is 5.39. The number of unbranched alkanes of at least 4 members (excludes halogenated alkanes) is 1. The first-order chi connectivity index (χ1) is 15.0. The molecule has 0 unspecified atom stereocenters. The standard InChI is InChI=1S/C24H27F3O4/c1-2-3-12-29-18-8-4-16(5-9-18)15-30-19-10-6-17(7-11-19)24(28)31-20-13-21(25)23(27)22(26)14-20/h6-7,10-11,13-14,16,18H,2-5,8-9,12,15H2,1H3. The Morgan fingerprint density at radius 3 is 2.23 bits per heavy atom. The Bertz CT molecular complexity index is 839. The highest BCUT2D eigenvalue weighted by atomic mass is 19.2. The maximum Gasteiger partial charge on any atom is 0.343 e. The molecular weight excluding hydrogens is 409 g/mol. The van der Waals surface area contributed by atoms with E-state index in [9.17, 15) is 18.0 Å². The first kappa shape index (κ1) is 23.1. The summed E-state index contributed by atoms with van der Waals surface area (Å²) in [6, 6.07) is 7.54. The monoisotopic (exact) mass is 436 g/mol. The van der Waals surface area contributed by atoms with Gasteiger partial charge in [0.05, 0.1) is 18.3 Å². The van der Waals surface area contributed by atoms with Crippen LogP contribution in [0, 0.1) is 23.4 Å². The molecule has 0 aliphatic heterocycles. The Morgan fingerprint density at radius 1 is 0.968 bits per heavy atom. The molecular formula is C24H27F3O4. The summed E-state index contributed by atoms with van der Waals surface area (Å²) in [5, 5.41) is 0. The molecule has 0 bridgehead atoms. The quantitative estimate of drug-likeness (QED) is 0.207. The normalized spacial score (nSPS) is 18.6. The number of carbonyl (C=O) groups excluding carboxylic acids is 1. The van der Waals surface area contributed by atoms with Gasteiger partial charge in [-0.05, 0) is 62.3 Å². The van der Waals surface area contributed by atoms with Gasteiger partial charge < -0.3 is 14.2 Å². The molecule has 0 heterocycles. The molecule has 0 N–H and O–H groups in total. The van der Waals surface area contributed by atoms with E-state index in [4.69, 9.17) is 14.2 Å². The fraction of sp³-hybridized carbons (Fsp3) is 0.458. The molecule has 0 atom stereocenters. The molecule has 1 fully saturated rings. The van der Waals surface area contributed by atoms with Crippen molar-refractivity contribution in [3.63, 3.8) is 0 Å². The minimum Gasteiger partial charge on any atom is -0.493 e. The van der Waals surface area contributed by atoms with Crippen LogP contribution in [0.1, 0.15) is 55.8 Å². The molecule has 1 aliphatic carbocycles. The van der Waals surface area contributed by atoms with Gasteiger partial charge >= 0.3 is 5.97 Å². The van der Waals surface area contributed by atoms with Crippen molar-refractivity contribution in [1.29, 1.82) is 0 Å². The van der Waals surface area contributed by atoms with Gasteiger partial charge in [0.2, 0.25) is 0 Å². The number of benzene rings is 2. The highest BCUT2D eigenvalue weighted by Crippen LogP contribution is 2.27. The number of rotatable bonds is 9. The van der Waals surface area contributed by atoms with Crippen molar-refractivity contribution in [2.24, 2.45) is 5.92 Å². The van der Waals surface area contributed by atoms with Crippen molar-refractivity contribution in [2.75, 3.05) is 13.2 Å². The van der Waals surface area contributed by atoms with E-state index in [0.717, 1.165) is 45.1 Å². The van der Waals surface area contributed by atoms with E-state index in [-0.39, 0.29) is 5.56 Å². The van der Waals surface area contributed by atoms with Crippen molar-refractivity contribution in [3.05, 3.63) is 59.4 Å². The lowest BCUT2D eigenvalue weighted by Gasteiger charge is -2.28. The molecule has 3 rings (SSSR count). The fourth-order valence-electron chi connectivity index (χ4n) is 3.52. The molecule has 1 saturated carbocycles. The average Bonchev–Trinajstić information content (AvgIpc) is 2.77. The van der Waals surface area contributed by atoms with E-state index in [1.54, 1.807) is 12.1 Å². The van der Waals surface area contributed by atoms with Gasteiger partial charge in [0.15, 0.2) is 17.5 Å². The molecule has 4 nitrogen and oxygen atoms in total. The minimum absolute atomic E-state index is 0.183. The number of hydrogen-bond acceptors (Lipinski definition) is 4. The summed E-state index contributed by atoms with van der Waals surface area (Å²) in [5.41, 5.74) is 0.183. The Hall–Kier alpha value is -2.54. The van der Waals surface area contributed by atoms with Crippen LogP contribution in [0.4, 0.5) is 13.2 Å². The van der Waals surface area contributed by atoms with Crippen LogP contribution in [-0.2, 0) is 4.74 Å². The Labute approximate surface area is 180 Å². The minimum atomic E-state index is -1.61. The molecule has 0 spiro atoms. The first-order valence-corrected chi connectivity index (χ1v) is 10.7. The van der Waals surface area contributed by atoms with Crippen molar-refractivity contribution in [2.45, 2.75) is 51.6 Å². The molecule has 168 valence electrons. The van der Waals surface area contributed by atoms with Gasteiger partial charge in [0, 0.05) is 18.7 Å². The molecule has 0 aromatic heterocycles. The van der Waals surface area contributed by atoms with Gasteiger partial charge in [-0.1, -0.05) is 13.3 Å². The molecule has 0 amide bonds. The maximum absolute atomic E-state index is 13.2. The van der Waals surface area contributed by atoms with Crippen LogP contribution < -0.4 is 9.47 Å². The molecule has 31 heavy (non-hydrogen) atoms. The Balaban J connectivity index is 1.44. The SMILES string of the molecule is CCCCOC1CCC(COc2ccc(C(=O)Oc3cc(F)c(F)c(F)c3)cc2)CC1. The lowest BCUT2D eigenvalue weighted by molar-refractivity contribution is 0.0116. The van der Waals surface area contributed by atoms with Crippen LogP contribution in [0.5, 0.6) is 11.5 Å². The topological polar surface area (TPSA) is 44.8 Å². The molecule has 0 radical (unpaired) electrons. The van der Waals surface area contributed by atoms with Crippen LogP contribution >= 0.6 is 0 Å². The van der Waals surface area contributed by atoms with E-state index in [1.165, 1.54) is 12.1 Å². The van der Waals surface area contributed by atoms with Crippen molar-refractivity contribution in [3.8, 4) is 11.5 Å². The largest absolute Gasteiger partial charge is 0.493 e. The molecule has 2 aromatic carbocycles. The van der Waals surface area contributed by atoms with Gasteiger partial charge in [0.1, 0.15) is 11.5 Å². The maximum atomic E-state index is 13.2. The summed E-state index contributed by atoms with van der Waals surface area (Å²) < 4.78 is 56.1. The number of halogens is 3. The Morgan fingerprint density at radius 2 is 1.61 bits per heavy atom. The highest BCUT2D eigenvalue weighted by molar-refractivity contribution is 5.91. The second-order valence-corrected chi connectivity index (χ2v) is 7.79. The third kappa shape index (κ3) is 6.72. The predicted octanol–water partition coefficient (Wildman–Crippen LogP) is 6.08. The van der Waals surface area contributed by atoms with Crippen LogP contribution in [0.3, 0.4) is 0 Å². The first-order valence-electron chi connectivity index (χ1n) is 10.7. The molecule has 2 aromatic rings. The second-order valence-electron chi connectivity index (χ2n) is 7.79. The van der Waals surface area contributed by atoms with Gasteiger partial charge in [-0.3, -0.25) is 0 Å². The zero-order valence-corrected chi connectivity index (χ0v) is 17.5. The van der Waals surface area contributed by atoms with E-state index < -0.39 is 29.2 Å². The zero-order valence-electron chi connectivity index (χ0n) is 17.5. The molecule has 1 aliphatic rings. The molecule has 7 heteroatoms. The summed E-state index contributed by atoms with van der Waals surface area (Å²) in [5.74, 6) is -4.58. The van der Waals surface area contributed by atoms with E-state index in [2.05, 4.69) is 6.92 Å². The number of carbonyl (C=O) groups is 1. The van der Waals surface area contributed by atoms with Crippen LogP contribution in [0.15, 0.2) is 36.4 Å². The lowest BCUT2D eigenvalue weighted by atomic mass is 9.88. The van der Waals surface area contributed by atoms with Crippen molar-refractivity contribution in [1.82, 2.24) is 0 Å². The van der Waals surface area contributed by atoms with Gasteiger partial charge in [-0.25, -0.2) is 18.0 Å². The number of hydrogen-bond donors (Lipinski definition) is 0. The van der Waals surface area contributed by atoms with Crippen molar-refractivity contribution >= 4 is 5.97 Å². The fourth-order valence-corrected chi connectivity index (χ4v) is 3.52. The number of ether oxygens (including phenoxy) is 3. The summed E-state index contributed by atoms with van der Waals surface area (Å²) in [4.78, 5) is 12.1. The van der Waals surface area contributed by atoms with Crippen LogP contribution in [0.2, 0.25) is 0 Å². The highest BCUT2D eigenvalue weighted by Gasteiger charge is 2.22. The summed E-state index contributed by atoms with van der Waals surface area (Å²) in [7, 11) is 0. The van der Waals surface area contributed by atoms with E-state index >= 15 is 0 Å². The third-order valence-electron chi connectivity index (χ3n) is 5.39. The van der Waals surface area contributed by atoms with Gasteiger partial charge in [-0.15, -0.1) is 0 Å². The van der Waals surface area contributed by atoms with E-state index in [1.807, 2.05) is 0 Å². The zero-order chi connectivity index (χ0) is 22.2. The summed E-state index contributed by atoms with van der Waals surface area (Å²) in [6.45, 7) is 3.59. The number of esters is 1. The van der Waals surface area contributed by atoms with E-state index in [0.29, 0.717) is 36.5 Å². The smallest absolute Gasteiger partial charge is 0.343 e. The van der Waals surface area contributed by atoms with Crippen molar-refractivity contribution < 1.29 is 32.2 Å². The van der Waals surface area contributed by atoms with Gasteiger partial charge in [-0.2, -0.15) is 0 Å². The molecule has 0 saturated heterocycles. The van der Waals surface area contributed by atoms with Crippen LogP contribution in [-0.4, -0.2) is 25.3 Å². The predicted molar refractivity (Wildman–Crippen MR) is 110 cm³/mol.